The second kappa shape index (κ2) is 6.16. The number of carboxylic acid groups (broad SMARTS) is 1. The molecule has 0 aliphatic heterocycles. The van der Waals surface area contributed by atoms with E-state index in [0.717, 1.165) is 0 Å². The van der Waals surface area contributed by atoms with Crippen molar-refractivity contribution in [3.05, 3.63) is 0 Å². The van der Waals surface area contributed by atoms with Crippen LogP contribution in [0.5, 0.6) is 0 Å². The van der Waals surface area contributed by atoms with Gasteiger partial charge in [-0.1, -0.05) is 0 Å². The first-order valence-electron chi connectivity index (χ1n) is 3.82. The van der Waals surface area contributed by atoms with Gasteiger partial charge in [-0.15, -0.1) is 0 Å². The Morgan fingerprint density at radius 3 is 2.46 bits per heavy atom. The summed E-state index contributed by atoms with van der Waals surface area (Å²) >= 11 is 0. The van der Waals surface area contributed by atoms with E-state index in [0.29, 0.717) is 6.29 Å². The van der Waals surface area contributed by atoms with Gasteiger partial charge in [0.05, 0.1) is 7.11 Å². The standard InChI is InChI=1S/C8H12O5/c1-13-8(12)5-6(2-3-9)4-7(10)11/h3,6H,2,4-5H2,1H3,(H,10,11). The van der Waals surface area contributed by atoms with E-state index in [-0.39, 0.29) is 19.3 Å². The average Bonchev–Trinajstić information content (AvgIpc) is 2.03. The maximum atomic E-state index is 10.7. The van der Waals surface area contributed by atoms with Crippen LogP contribution < -0.4 is 0 Å². The molecule has 74 valence electrons. The fraction of sp³-hybridized carbons (Fsp3) is 0.625. The Balaban J connectivity index is 4.00. The Kier molecular flexibility index (Phi) is 5.50. The van der Waals surface area contributed by atoms with Gasteiger partial charge in [-0.25, -0.2) is 0 Å². The van der Waals surface area contributed by atoms with Crippen molar-refractivity contribution in [1.29, 1.82) is 0 Å². The number of ether oxygens (including phenoxy) is 1. The Morgan fingerprint density at radius 2 is 2.08 bits per heavy atom. The second-order valence-corrected chi connectivity index (χ2v) is 2.65. The third-order valence-electron chi connectivity index (χ3n) is 1.58. The van der Waals surface area contributed by atoms with Crippen molar-refractivity contribution in [3.8, 4) is 0 Å². The van der Waals surface area contributed by atoms with Crippen molar-refractivity contribution in [2.75, 3.05) is 7.11 Å². The number of carbonyl (C=O) groups excluding carboxylic acids is 2. The smallest absolute Gasteiger partial charge is 0.305 e. The van der Waals surface area contributed by atoms with Crippen molar-refractivity contribution in [3.63, 3.8) is 0 Å². The monoisotopic (exact) mass is 188 g/mol. The van der Waals surface area contributed by atoms with E-state index in [2.05, 4.69) is 4.74 Å². The molecule has 0 fully saturated rings. The number of methoxy groups -OCH3 is 1. The third-order valence-corrected chi connectivity index (χ3v) is 1.58. The van der Waals surface area contributed by atoms with Crippen LogP contribution in [-0.2, 0) is 19.1 Å². The minimum atomic E-state index is -1.02. The van der Waals surface area contributed by atoms with Crippen LogP contribution in [0.3, 0.4) is 0 Å². The van der Waals surface area contributed by atoms with Crippen LogP contribution in [0.4, 0.5) is 0 Å². The fourth-order valence-corrected chi connectivity index (χ4v) is 0.941. The minimum absolute atomic E-state index is 0.0262. The van der Waals surface area contributed by atoms with Gasteiger partial charge in [-0.05, 0) is 5.92 Å². The molecule has 1 atom stereocenters. The summed E-state index contributed by atoms with van der Waals surface area (Å²) in [7, 11) is 1.22. The molecular weight excluding hydrogens is 176 g/mol. The highest BCUT2D eigenvalue weighted by Crippen LogP contribution is 2.12. The summed E-state index contributed by atoms with van der Waals surface area (Å²) in [5, 5.41) is 8.43. The van der Waals surface area contributed by atoms with E-state index in [1.54, 1.807) is 0 Å². The first kappa shape index (κ1) is 11.6. The summed E-state index contributed by atoms with van der Waals surface area (Å²) in [6, 6.07) is 0. The van der Waals surface area contributed by atoms with E-state index >= 15 is 0 Å². The molecule has 5 heteroatoms. The summed E-state index contributed by atoms with van der Waals surface area (Å²) in [5.74, 6) is -1.97. The van der Waals surface area contributed by atoms with Crippen molar-refractivity contribution < 1.29 is 24.2 Å². The molecule has 13 heavy (non-hydrogen) atoms. The zero-order valence-electron chi connectivity index (χ0n) is 7.36. The van der Waals surface area contributed by atoms with Crippen LogP contribution in [0.15, 0.2) is 0 Å². The van der Waals surface area contributed by atoms with Gasteiger partial charge in [0, 0.05) is 19.3 Å². The summed E-state index contributed by atoms with van der Waals surface area (Å²) in [6.07, 6.45) is 0.466. The van der Waals surface area contributed by atoms with Crippen molar-refractivity contribution in [2.45, 2.75) is 19.3 Å². The van der Waals surface area contributed by atoms with Crippen molar-refractivity contribution >= 4 is 18.2 Å². The van der Waals surface area contributed by atoms with Crippen molar-refractivity contribution in [2.24, 2.45) is 5.92 Å². The average molecular weight is 188 g/mol. The molecule has 1 unspecified atom stereocenters. The van der Waals surface area contributed by atoms with Gasteiger partial charge in [0.2, 0.25) is 0 Å². The Labute approximate surface area is 75.7 Å². The van der Waals surface area contributed by atoms with E-state index < -0.39 is 17.9 Å². The number of aliphatic carboxylic acids is 1. The predicted molar refractivity (Wildman–Crippen MR) is 43.1 cm³/mol. The van der Waals surface area contributed by atoms with Gasteiger partial charge >= 0.3 is 11.9 Å². The Morgan fingerprint density at radius 1 is 1.46 bits per heavy atom. The number of carbonyl (C=O) groups is 3. The lowest BCUT2D eigenvalue weighted by Crippen LogP contribution is -2.14. The second-order valence-electron chi connectivity index (χ2n) is 2.65. The van der Waals surface area contributed by atoms with Gasteiger partial charge in [-0.3, -0.25) is 9.59 Å². The van der Waals surface area contributed by atoms with E-state index in [1.807, 2.05) is 0 Å². The zero-order valence-corrected chi connectivity index (χ0v) is 7.36. The summed E-state index contributed by atoms with van der Waals surface area (Å²) in [6.45, 7) is 0. The molecule has 0 saturated heterocycles. The lowest BCUT2D eigenvalue weighted by Gasteiger charge is -2.08. The molecular formula is C8H12O5. The fourth-order valence-electron chi connectivity index (χ4n) is 0.941. The largest absolute Gasteiger partial charge is 0.481 e. The molecule has 0 aromatic heterocycles. The minimum Gasteiger partial charge on any atom is -0.481 e. The number of carboxylic acids is 1. The normalized spacial score (nSPS) is 11.8. The van der Waals surface area contributed by atoms with Crippen LogP contribution in [0.25, 0.3) is 0 Å². The van der Waals surface area contributed by atoms with Crippen molar-refractivity contribution in [1.82, 2.24) is 0 Å². The van der Waals surface area contributed by atoms with E-state index in [1.165, 1.54) is 7.11 Å². The molecule has 1 N–H and O–H groups in total. The van der Waals surface area contributed by atoms with Crippen LogP contribution in [0.2, 0.25) is 0 Å². The highest BCUT2D eigenvalue weighted by atomic mass is 16.5. The maximum absolute atomic E-state index is 10.7. The zero-order chi connectivity index (χ0) is 10.3. The van der Waals surface area contributed by atoms with E-state index in [4.69, 9.17) is 5.11 Å². The summed E-state index contributed by atoms with van der Waals surface area (Å²) in [4.78, 5) is 31.2. The topological polar surface area (TPSA) is 80.7 Å². The summed E-state index contributed by atoms with van der Waals surface area (Å²) < 4.78 is 4.36. The molecule has 0 spiro atoms. The number of hydrogen-bond donors (Lipinski definition) is 1. The molecule has 0 aromatic rings. The highest BCUT2D eigenvalue weighted by Gasteiger charge is 2.16. The van der Waals surface area contributed by atoms with Gasteiger partial charge in [0.1, 0.15) is 6.29 Å². The molecule has 0 heterocycles. The first-order chi connectivity index (χ1) is 6.10. The molecule has 0 amide bonds. The molecule has 0 bridgehead atoms. The first-order valence-corrected chi connectivity index (χ1v) is 3.82. The third kappa shape index (κ3) is 5.84. The maximum Gasteiger partial charge on any atom is 0.305 e. The molecule has 0 radical (unpaired) electrons. The Bertz CT molecular complexity index is 199. The molecule has 0 aliphatic carbocycles. The highest BCUT2D eigenvalue weighted by molar-refractivity contribution is 5.72. The van der Waals surface area contributed by atoms with Gasteiger partial charge in [-0.2, -0.15) is 0 Å². The lowest BCUT2D eigenvalue weighted by atomic mass is 9.98. The van der Waals surface area contributed by atoms with Crippen LogP contribution in [0.1, 0.15) is 19.3 Å². The number of esters is 1. The quantitative estimate of drug-likeness (QED) is 0.476. The Hall–Kier alpha value is -1.39. The number of aldehydes is 1. The van der Waals surface area contributed by atoms with Gasteiger partial charge in [0.25, 0.3) is 0 Å². The van der Waals surface area contributed by atoms with Crippen LogP contribution in [-0.4, -0.2) is 30.4 Å². The molecule has 0 aromatic carbocycles. The molecule has 5 nitrogen and oxygen atoms in total. The van der Waals surface area contributed by atoms with Crippen LogP contribution in [0, 0.1) is 5.92 Å². The van der Waals surface area contributed by atoms with Gasteiger partial charge in [0.15, 0.2) is 0 Å². The SMILES string of the molecule is COC(=O)CC(CC=O)CC(=O)O. The van der Waals surface area contributed by atoms with E-state index in [9.17, 15) is 14.4 Å². The molecule has 0 saturated carbocycles. The molecule has 0 rings (SSSR count). The van der Waals surface area contributed by atoms with Gasteiger partial charge < -0.3 is 14.6 Å². The lowest BCUT2D eigenvalue weighted by molar-refractivity contribution is -0.143. The number of rotatable bonds is 6. The summed E-state index contributed by atoms with van der Waals surface area (Å²) in [5.41, 5.74) is 0. The number of hydrogen-bond acceptors (Lipinski definition) is 4. The van der Waals surface area contributed by atoms with Crippen LogP contribution >= 0.6 is 0 Å². The molecule has 0 aliphatic rings. The predicted octanol–water partition coefficient (Wildman–Crippen LogP) is 0.229.